The minimum Gasteiger partial charge on any atom is -0.471 e. The number of primary amides is 1. The Hall–Kier alpha value is -2.75. The number of rotatable bonds is 7. The van der Waals surface area contributed by atoms with E-state index in [4.69, 9.17) is 10.5 Å². The van der Waals surface area contributed by atoms with Crippen molar-refractivity contribution in [3.63, 3.8) is 0 Å². The Morgan fingerprint density at radius 1 is 1.30 bits per heavy atom. The average molecular weight is 398 g/mol. The van der Waals surface area contributed by atoms with Crippen molar-refractivity contribution in [3.8, 4) is 5.88 Å². The summed E-state index contributed by atoms with van der Waals surface area (Å²) in [6, 6.07) is 2.27. The molecule has 0 fully saturated rings. The van der Waals surface area contributed by atoms with Gasteiger partial charge in [0.15, 0.2) is 11.6 Å². The lowest BCUT2D eigenvalue weighted by molar-refractivity contribution is 0.0996. The molecule has 0 saturated heterocycles. The van der Waals surface area contributed by atoms with Crippen LogP contribution in [0.1, 0.15) is 35.3 Å². The van der Waals surface area contributed by atoms with Gasteiger partial charge in [-0.3, -0.25) is 10.1 Å². The third-order valence-corrected chi connectivity index (χ3v) is 4.27. The van der Waals surface area contributed by atoms with Gasteiger partial charge in [-0.2, -0.15) is 4.37 Å². The van der Waals surface area contributed by atoms with Crippen LogP contribution in [-0.2, 0) is 6.61 Å². The lowest BCUT2D eigenvalue weighted by Gasteiger charge is -2.09. The van der Waals surface area contributed by atoms with Crippen LogP contribution in [0.2, 0.25) is 0 Å². The number of nitrogens with one attached hydrogen (secondary N) is 2. The van der Waals surface area contributed by atoms with Crippen LogP contribution >= 0.6 is 11.5 Å². The summed E-state index contributed by atoms with van der Waals surface area (Å²) in [6.45, 7) is 5.39. The van der Waals surface area contributed by atoms with E-state index in [-0.39, 0.29) is 40.1 Å². The SMILES string of the molecule is Cc1ccc(COc2nsc(NC(=O)NCC(C)C)c2C(N)=O)c(F)c1F. The Morgan fingerprint density at radius 3 is 2.63 bits per heavy atom. The molecule has 0 spiro atoms. The second-order valence-corrected chi connectivity index (χ2v) is 7.02. The topological polar surface area (TPSA) is 106 Å². The molecule has 0 saturated carbocycles. The predicted octanol–water partition coefficient (Wildman–Crippen LogP) is 3.19. The van der Waals surface area contributed by atoms with E-state index in [0.717, 1.165) is 11.5 Å². The monoisotopic (exact) mass is 398 g/mol. The Balaban J connectivity index is 2.14. The number of nitrogens with two attached hydrogens (primary N) is 1. The van der Waals surface area contributed by atoms with E-state index in [1.807, 2.05) is 13.8 Å². The molecule has 146 valence electrons. The predicted molar refractivity (Wildman–Crippen MR) is 97.9 cm³/mol. The van der Waals surface area contributed by atoms with E-state index in [9.17, 15) is 18.4 Å². The Bertz CT molecular complexity index is 855. The fraction of sp³-hybridized carbons (Fsp3) is 0.353. The third-order valence-electron chi connectivity index (χ3n) is 3.52. The Morgan fingerprint density at radius 2 is 2.00 bits per heavy atom. The molecule has 2 rings (SSSR count). The lowest BCUT2D eigenvalue weighted by Crippen LogP contribution is -2.32. The number of amides is 3. The molecule has 0 radical (unpaired) electrons. The van der Waals surface area contributed by atoms with Crippen molar-refractivity contribution < 1.29 is 23.1 Å². The Kier molecular flexibility index (Phi) is 6.67. The van der Waals surface area contributed by atoms with Crippen LogP contribution in [0.15, 0.2) is 12.1 Å². The van der Waals surface area contributed by atoms with Crippen molar-refractivity contribution in [2.45, 2.75) is 27.4 Å². The highest BCUT2D eigenvalue weighted by Gasteiger charge is 2.22. The summed E-state index contributed by atoms with van der Waals surface area (Å²) in [5.41, 5.74) is 5.34. The number of hydrogen-bond acceptors (Lipinski definition) is 5. The molecule has 7 nitrogen and oxygen atoms in total. The van der Waals surface area contributed by atoms with Crippen molar-refractivity contribution >= 4 is 28.5 Å². The van der Waals surface area contributed by atoms with Gasteiger partial charge in [-0.25, -0.2) is 13.6 Å². The quantitative estimate of drug-likeness (QED) is 0.666. The van der Waals surface area contributed by atoms with Gasteiger partial charge in [0.05, 0.1) is 0 Å². The number of halogens is 2. The standard InChI is InChI=1S/C17H20F2N4O3S/c1-8(2)6-21-17(25)22-16-11(14(20)24)15(23-27-16)26-7-10-5-4-9(3)12(18)13(10)19/h4-5,8H,6-7H2,1-3H3,(H2,20,24)(H2,21,22,25). The van der Waals surface area contributed by atoms with Crippen molar-refractivity contribution in [3.05, 3.63) is 40.5 Å². The number of hydrogen-bond donors (Lipinski definition) is 3. The van der Waals surface area contributed by atoms with Gasteiger partial charge < -0.3 is 15.8 Å². The first-order valence-corrected chi connectivity index (χ1v) is 8.88. The van der Waals surface area contributed by atoms with E-state index in [2.05, 4.69) is 15.0 Å². The van der Waals surface area contributed by atoms with Crippen molar-refractivity contribution in [1.82, 2.24) is 9.69 Å². The minimum absolute atomic E-state index is 0.0364. The number of benzene rings is 1. The largest absolute Gasteiger partial charge is 0.471 e. The number of urea groups is 1. The highest BCUT2D eigenvalue weighted by Crippen LogP contribution is 2.31. The van der Waals surface area contributed by atoms with Gasteiger partial charge in [-0.15, -0.1) is 0 Å². The fourth-order valence-electron chi connectivity index (χ4n) is 2.06. The molecule has 1 aromatic carbocycles. The van der Waals surface area contributed by atoms with Gasteiger partial charge in [-0.1, -0.05) is 26.0 Å². The molecule has 4 N–H and O–H groups in total. The zero-order chi connectivity index (χ0) is 20.1. The normalized spacial score (nSPS) is 10.7. The van der Waals surface area contributed by atoms with E-state index >= 15 is 0 Å². The summed E-state index contributed by atoms with van der Waals surface area (Å²) in [5, 5.41) is 5.22. The zero-order valence-electron chi connectivity index (χ0n) is 15.1. The van der Waals surface area contributed by atoms with Crippen LogP contribution in [0.4, 0.5) is 18.6 Å². The van der Waals surface area contributed by atoms with E-state index in [0.29, 0.717) is 6.54 Å². The number of aryl methyl sites for hydroxylation is 1. The van der Waals surface area contributed by atoms with Crippen LogP contribution in [0.25, 0.3) is 0 Å². The number of ether oxygens (including phenoxy) is 1. The van der Waals surface area contributed by atoms with Crippen LogP contribution in [0.5, 0.6) is 5.88 Å². The minimum atomic E-state index is -1.03. The van der Waals surface area contributed by atoms with Crippen molar-refractivity contribution in [2.24, 2.45) is 11.7 Å². The first-order valence-electron chi connectivity index (χ1n) is 8.11. The second kappa shape index (κ2) is 8.76. The molecule has 10 heteroatoms. The van der Waals surface area contributed by atoms with E-state index < -0.39 is 23.6 Å². The molecule has 2 aromatic rings. The lowest BCUT2D eigenvalue weighted by atomic mass is 10.1. The van der Waals surface area contributed by atoms with Crippen LogP contribution in [-0.4, -0.2) is 22.9 Å². The van der Waals surface area contributed by atoms with Gasteiger partial charge in [-0.05, 0) is 29.9 Å². The van der Waals surface area contributed by atoms with Gasteiger partial charge in [0.2, 0.25) is 5.88 Å². The fourth-order valence-corrected chi connectivity index (χ4v) is 2.80. The zero-order valence-corrected chi connectivity index (χ0v) is 15.9. The number of aromatic nitrogens is 1. The van der Waals surface area contributed by atoms with Crippen LogP contribution in [0.3, 0.4) is 0 Å². The average Bonchev–Trinajstić information content (AvgIpc) is 3.00. The molecule has 0 bridgehead atoms. The van der Waals surface area contributed by atoms with Gasteiger partial charge in [0, 0.05) is 12.1 Å². The Labute approximate surface area is 159 Å². The number of anilines is 1. The smallest absolute Gasteiger partial charge is 0.319 e. The summed E-state index contributed by atoms with van der Waals surface area (Å²) in [7, 11) is 0. The van der Waals surface area contributed by atoms with Crippen molar-refractivity contribution in [1.29, 1.82) is 0 Å². The third kappa shape index (κ3) is 5.13. The van der Waals surface area contributed by atoms with Crippen molar-refractivity contribution in [2.75, 3.05) is 11.9 Å². The second-order valence-electron chi connectivity index (χ2n) is 6.24. The maximum atomic E-state index is 13.9. The molecule has 0 aliphatic rings. The first-order chi connectivity index (χ1) is 12.7. The van der Waals surface area contributed by atoms with Gasteiger partial charge >= 0.3 is 6.03 Å². The first kappa shape index (κ1) is 20.6. The molecule has 3 amide bonds. The van der Waals surface area contributed by atoms with Gasteiger partial charge in [0.25, 0.3) is 5.91 Å². The molecule has 0 aliphatic heterocycles. The maximum absolute atomic E-state index is 13.9. The molecule has 27 heavy (non-hydrogen) atoms. The summed E-state index contributed by atoms with van der Waals surface area (Å²) >= 11 is 0.796. The highest BCUT2D eigenvalue weighted by molar-refractivity contribution is 7.11. The highest BCUT2D eigenvalue weighted by atomic mass is 32.1. The molecule has 0 unspecified atom stereocenters. The summed E-state index contributed by atoms with van der Waals surface area (Å²) in [6.07, 6.45) is 0. The van der Waals surface area contributed by atoms with Crippen LogP contribution < -0.4 is 21.1 Å². The molecular weight excluding hydrogens is 378 g/mol. The molecular formula is C17H20F2N4O3S. The maximum Gasteiger partial charge on any atom is 0.319 e. The molecule has 0 atom stereocenters. The number of carbonyl (C=O) groups excluding carboxylic acids is 2. The molecule has 0 aliphatic carbocycles. The van der Waals surface area contributed by atoms with E-state index in [1.54, 1.807) is 0 Å². The summed E-state index contributed by atoms with van der Waals surface area (Å²) in [4.78, 5) is 23.6. The molecule has 1 heterocycles. The number of carbonyl (C=O) groups is 2. The van der Waals surface area contributed by atoms with Gasteiger partial charge in [0.1, 0.15) is 17.2 Å². The molecule has 1 aromatic heterocycles. The number of nitrogens with zero attached hydrogens (tertiary/aromatic N) is 1. The van der Waals surface area contributed by atoms with E-state index in [1.165, 1.54) is 19.1 Å². The summed E-state index contributed by atoms with van der Waals surface area (Å²) in [5.74, 6) is -2.78. The van der Waals surface area contributed by atoms with Crippen LogP contribution in [0, 0.1) is 24.5 Å². The summed E-state index contributed by atoms with van der Waals surface area (Å²) < 4.78 is 36.8.